The molecule has 0 aliphatic heterocycles. The van der Waals surface area contributed by atoms with E-state index in [1.54, 1.807) is 13.1 Å². The fraction of sp³-hybridized carbons (Fsp3) is 0.0909. The SMILES string of the molecule is Cc1nnc(NN=Cc2ccccc2)[nH]c1=O. The van der Waals surface area contributed by atoms with E-state index in [0.717, 1.165) is 5.56 Å². The van der Waals surface area contributed by atoms with Gasteiger partial charge in [-0.3, -0.25) is 9.78 Å². The van der Waals surface area contributed by atoms with Gasteiger partial charge in [0.05, 0.1) is 6.21 Å². The van der Waals surface area contributed by atoms with Gasteiger partial charge in [0.25, 0.3) is 5.56 Å². The molecule has 0 spiro atoms. The van der Waals surface area contributed by atoms with Crippen LogP contribution in [0.1, 0.15) is 11.3 Å². The first-order chi connectivity index (χ1) is 8.25. The molecule has 0 saturated carbocycles. The number of anilines is 1. The van der Waals surface area contributed by atoms with Crippen molar-refractivity contribution in [2.24, 2.45) is 5.10 Å². The normalized spacial score (nSPS) is 10.6. The lowest BCUT2D eigenvalue weighted by Gasteiger charge is -1.97. The van der Waals surface area contributed by atoms with E-state index in [4.69, 9.17) is 0 Å². The second-order valence-corrected chi connectivity index (χ2v) is 3.37. The summed E-state index contributed by atoms with van der Waals surface area (Å²) in [6, 6.07) is 9.57. The molecule has 2 rings (SSSR count). The highest BCUT2D eigenvalue weighted by molar-refractivity contribution is 5.79. The molecule has 1 aromatic carbocycles. The molecule has 0 aliphatic carbocycles. The maximum atomic E-state index is 11.2. The maximum absolute atomic E-state index is 11.2. The molecule has 86 valence electrons. The van der Waals surface area contributed by atoms with Crippen LogP contribution in [0.5, 0.6) is 0 Å². The summed E-state index contributed by atoms with van der Waals surface area (Å²) in [6.07, 6.45) is 1.62. The molecule has 1 heterocycles. The van der Waals surface area contributed by atoms with E-state index in [9.17, 15) is 4.79 Å². The number of aromatic nitrogens is 3. The third kappa shape index (κ3) is 2.97. The highest BCUT2D eigenvalue weighted by Gasteiger charge is 1.97. The molecule has 0 amide bonds. The molecule has 0 bridgehead atoms. The molecule has 0 fully saturated rings. The van der Waals surface area contributed by atoms with E-state index >= 15 is 0 Å². The highest BCUT2D eigenvalue weighted by Crippen LogP contribution is 1.95. The number of hydrogen-bond acceptors (Lipinski definition) is 5. The molecule has 0 saturated heterocycles. The van der Waals surface area contributed by atoms with Crippen molar-refractivity contribution >= 4 is 12.2 Å². The Morgan fingerprint density at radius 2 is 2.06 bits per heavy atom. The summed E-state index contributed by atoms with van der Waals surface area (Å²) >= 11 is 0. The molecule has 0 unspecified atom stereocenters. The Balaban J connectivity index is 2.05. The molecule has 6 heteroatoms. The van der Waals surface area contributed by atoms with Crippen LogP contribution in [0.15, 0.2) is 40.2 Å². The van der Waals surface area contributed by atoms with Crippen LogP contribution in [-0.2, 0) is 0 Å². The van der Waals surface area contributed by atoms with Gasteiger partial charge in [0, 0.05) is 0 Å². The van der Waals surface area contributed by atoms with Gasteiger partial charge in [0.2, 0.25) is 5.95 Å². The fourth-order valence-corrected chi connectivity index (χ4v) is 1.15. The lowest BCUT2D eigenvalue weighted by atomic mass is 10.2. The number of rotatable bonds is 3. The Hall–Kier alpha value is -2.50. The second-order valence-electron chi connectivity index (χ2n) is 3.37. The van der Waals surface area contributed by atoms with Crippen molar-refractivity contribution in [1.82, 2.24) is 15.2 Å². The van der Waals surface area contributed by atoms with E-state index in [-0.39, 0.29) is 11.5 Å². The smallest absolute Gasteiger partial charge is 0.274 e. The average molecular weight is 229 g/mol. The average Bonchev–Trinajstić information content (AvgIpc) is 2.35. The first-order valence-electron chi connectivity index (χ1n) is 5.03. The van der Waals surface area contributed by atoms with Crippen LogP contribution >= 0.6 is 0 Å². The zero-order valence-corrected chi connectivity index (χ0v) is 9.21. The predicted octanol–water partition coefficient (Wildman–Crippen LogP) is 0.919. The van der Waals surface area contributed by atoms with Gasteiger partial charge in [-0.2, -0.15) is 5.10 Å². The van der Waals surface area contributed by atoms with Crippen LogP contribution in [-0.4, -0.2) is 21.4 Å². The lowest BCUT2D eigenvalue weighted by molar-refractivity contribution is 0.897. The highest BCUT2D eigenvalue weighted by atomic mass is 16.1. The van der Waals surface area contributed by atoms with Gasteiger partial charge in [-0.25, -0.2) is 5.43 Å². The third-order valence-corrected chi connectivity index (χ3v) is 2.04. The molecule has 0 radical (unpaired) electrons. The third-order valence-electron chi connectivity index (χ3n) is 2.04. The number of aromatic amines is 1. The number of benzene rings is 1. The fourth-order valence-electron chi connectivity index (χ4n) is 1.15. The van der Waals surface area contributed by atoms with Crippen molar-refractivity contribution in [2.45, 2.75) is 6.92 Å². The molecular formula is C11H11N5O. The van der Waals surface area contributed by atoms with Crippen molar-refractivity contribution in [3.63, 3.8) is 0 Å². The van der Waals surface area contributed by atoms with E-state index in [2.05, 4.69) is 25.7 Å². The molecule has 2 N–H and O–H groups in total. The molecule has 0 aliphatic rings. The molecule has 6 nitrogen and oxygen atoms in total. The summed E-state index contributed by atoms with van der Waals surface area (Å²) in [5.41, 5.74) is 3.59. The first kappa shape index (κ1) is 11.0. The Morgan fingerprint density at radius 3 is 2.76 bits per heavy atom. The van der Waals surface area contributed by atoms with Gasteiger partial charge in [0.1, 0.15) is 5.69 Å². The number of hydrogen-bond donors (Lipinski definition) is 2. The van der Waals surface area contributed by atoms with Crippen LogP contribution in [0.2, 0.25) is 0 Å². The standard InChI is InChI=1S/C11H11N5O/c1-8-10(17)13-11(16-14-8)15-12-7-9-5-3-2-4-6-9/h2-7H,1H3,(H2,13,15,16,17). The number of H-pyrrole nitrogens is 1. The zero-order chi connectivity index (χ0) is 12.1. The minimum absolute atomic E-state index is 0.216. The van der Waals surface area contributed by atoms with Crippen molar-refractivity contribution < 1.29 is 0 Å². The number of aryl methyl sites for hydroxylation is 1. The van der Waals surface area contributed by atoms with E-state index < -0.39 is 0 Å². The zero-order valence-electron chi connectivity index (χ0n) is 9.21. The molecular weight excluding hydrogens is 218 g/mol. The summed E-state index contributed by atoms with van der Waals surface area (Å²) in [4.78, 5) is 13.7. The topological polar surface area (TPSA) is 83.0 Å². The summed E-state index contributed by atoms with van der Waals surface area (Å²) in [7, 11) is 0. The second kappa shape index (κ2) is 5.02. The van der Waals surface area contributed by atoms with Gasteiger partial charge >= 0.3 is 0 Å². The van der Waals surface area contributed by atoms with Gasteiger partial charge < -0.3 is 0 Å². The number of nitrogens with zero attached hydrogens (tertiary/aromatic N) is 3. The predicted molar refractivity (Wildman–Crippen MR) is 65.0 cm³/mol. The van der Waals surface area contributed by atoms with Crippen LogP contribution in [0.3, 0.4) is 0 Å². The van der Waals surface area contributed by atoms with Crippen LogP contribution in [0, 0.1) is 6.92 Å². The van der Waals surface area contributed by atoms with Crippen molar-refractivity contribution in [1.29, 1.82) is 0 Å². The van der Waals surface area contributed by atoms with E-state index in [1.165, 1.54) is 0 Å². The number of nitrogens with one attached hydrogen (secondary N) is 2. The Labute approximate surface area is 97.4 Å². The molecule has 0 atom stereocenters. The molecule has 17 heavy (non-hydrogen) atoms. The Morgan fingerprint density at radius 1 is 1.29 bits per heavy atom. The number of hydrazone groups is 1. The van der Waals surface area contributed by atoms with Gasteiger partial charge in [-0.05, 0) is 12.5 Å². The summed E-state index contributed by atoms with van der Waals surface area (Å²) in [5, 5.41) is 11.3. The quantitative estimate of drug-likeness (QED) is 0.605. The van der Waals surface area contributed by atoms with Crippen molar-refractivity contribution in [3.8, 4) is 0 Å². The van der Waals surface area contributed by atoms with Gasteiger partial charge in [-0.1, -0.05) is 30.3 Å². The van der Waals surface area contributed by atoms with Gasteiger partial charge in [-0.15, -0.1) is 10.2 Å². The molecule has 2 aromatic rings. The lowest BCUT2D eigenvalue weighted by Crippen LogP contribution is -2.15. The summed E-state index contributed by atoms with van der Waals surface area (Å²) in [6.45, 7) is 1.59. The van der Waals surface area contributed by atoms with Crippen LogP contribution in [0.4, 0.5) is 5.95 Å². The summed E-state index contributed by atoms with van der Waals surface area (Å²) in [5.74, 6) is 0.216. The Bertz CT molecular complexity index is 576. The van der Waals surface area contributed by atoms with Crippen LogP contribution < -0.4 is 11.0 Å². The first-order valence-corrected chi connectivity index (χ1v) is 5.03. The minimum Gasteiger partial charge on any atom is -0.288 e. The van der Waals surface area contributed by atoms with Crippen molar-refractivity contribution in [3.05, 3.63) is 51.9 Å². The van der Waals surface area contributed by atoms with E-state index in [1.807, 2.05) is 30.3 Å². The minimum atomic E-state index is -0.280. The monoisotopic (exact) mass is 229 g/mol. The maximum Gasteiger partial charge on any atom is 0.274 e. The largest absolute Gasteiger partial charge is 0.288 e. The molecule has 1 aromatic heterocycles. The van der Waals surface area contributed by atoms with E-state index in [0.29, 0.717) is 5.69 Å². The Kier molecular flexibility index (Phi) is 3.25. The summed E-state index contributed by atoms with van der Waals surface area (Å²) < 4.78 is 0. The van der Waals surface area contributed by atoms with Gasteiger partial charge in [0.15, 0.2) is 0 Å². The van der Waals surface area contributed by atoms with Crippen molar-refractivity contribution in [2.75, 3.05) is 5.43 Å². The van der Waals surface area contributed by atoms with Crippen LogP contribution in [0.25, 0.3) is 0 Å².